The van der Waals surface area contributed by atoms with Crippen LogP contribution in [0, 0.1) is 0 Å². The highest BCUT2D eigenvalue weighted by Gasteiger charge is 2.33. The molecular weight excluding hydrogens is 388 g/mol. The minimum absolute atomic E-state index is 0.0756. The van der Waals surface area contributed by atoms with E-state index in [-0.39, 0.29) is 11.9 Å². The van der Waals surface area contributed by atoms with Gasteiger partial charge in [-0.1, -0.05) is 41.9 Å². The van der Waals surface area contributed by atoms with Crippen molar-refractivity contribution >= 4 is 17.5 Å². The van der Waals surface area contributed by atoms with E-state index >= 15 is 0 Å². The number of methoxy groups -OCH3 is 1. The van der Waals surface area contributed by atoms with Gasteiger partial charge < -0.3 is 14.1 Å². The van der Waals surface area contributed by atoms with Crippen LogP contribution >= 0.6 is 11.6 Å². The van der Waals surface area contributed by atoms with Gasteiger partial charge in [0.2, 0.25) is 11.8 Å². The van der Waals surface area contributed by atoms with Gasteiger partial charge in [0.1, 0.15) is 17.6 Å². The molecular formula is C23H23ClN2O3. The summed E-state index contributed by atoms with van der Waals surface area (Å²) in [6, 6.07) is 15.2. The first kappa shape index (κ1) is 19.5. The van der Waals surface area contributed by atoms with Gasteiger partial charge in [-0.15, -0.1) is 0 Å². The van der Waals surface area contributed by atoms with Gasteiger partial charge in [-0.2, -0.15) is 0 Å². The molecule has 3 aromatic rings. The Labute approximate surface area is 175 Å². The van der Waals surface area contributed by atoms with Gasteiger partial charge in [0.05, 0.1) is 19.7 Å². The SMILES string of the molecule is COc1cccc(CC(=O)N2CCC[C@@H]2c2ncc(Cc3ccccc3Cl)o2)c1. The number of amides is 1. The fourth-order valence-electron chi connectivity index (χ4n) is 3.77. The van der Waals surface area contributed by atoms with Crippen molar-refractivity contribution in [2.45, 2.75) is 31.7 Å². The Morgan fingerprint density at radius 1 is 1.28 bits per heavy atom. The summed E-state index contributed by atoms with van der Waals surface area (Å²) < 4.78 is 11.3. The molecule has 1 aromatic heterocycles. The second-order valence-corrected chi connectivity index (χ2v) is 7.61. The van der Waals surface area contributed by atoms with E-state index in [1.807, 2.05) is 53.4 Å². The summed E-state index contributed by atoms with van der Waals surface area (Å²) in [6.07, 6.45) is 4.45. The number of ether oxygens (including phenoxy) is 1. The topological polar surface area (TPSA) is 55.6 Å². The number of benzene rings is 2. The van der Waals surface area contributed by atoms with Crippen LogP contribution in [0.1, 0.15) is 41.7 Å². The first-order valence-corrected chi connectivity index (χ1v) is 10.1. The molecule has 1 aliphatic heterocycles. The third-order valence-electron chi connectivity index (χ3n) is 5.24. The number of rotatable bonds is 6. The first-order chi connectivity index (χ1) is 14.1. The molecule has 0 aliphatic carbocycles. The summed E-state index contributed by atoms with van der Waals surface area (Å²) in [4.78, 5) is 19.3. The second-order valence-electron chi connectivity index (χ2n) is 7.21. The molecule has 2 heterocycles. The summed E-state index contributed by atoms with van der Waals surface area (Å²) in [7, 11) is 1.63. The molecule has 5 nitrogen and oxygen atoms in total. The molecule has 2 aromatic carbocycles. The second kappa shape index (κ2) is 8.70. The van der Waals surface area contributed by atoms with Crippen molar-refractivity contribution in [3.63, 3.8) is 0 Å². The summed E-state index contributed by atoms with van der Waals surface area (Å²) in [6.45, 7) is 0.718. The van der Waals surface area contributed by atoms with E-state index in [0.29, 0.717) is 23.8 Å². The summed E-state index contributed by atoms with van der Waals surface area (Å²) in [5.74, 6) is 2.18. The van der Waals surface area contributed by atoms with E-state index in [1.165, 1.54) is 0 Å². The highest BCUT2D eigenvalue weighted by molar-refractivity contribution is 6.31. The molecule has 0 radical (unpaired) electrons. The molecule has 0 bridgehead atoms. The van der Waals surface area contributed by atoms with Crippen LogP contribution in [0.25, 0.3) is 0 Å². The number of carbonyl (C=O) groups is 1. The zero-order valence-corrected chi connectivity index (χ0v) is 17.1. The number of aromatic nitrogens is 1. The van der Waals surface area contributed by atoms with E-state index in [4.69, 9.17) is 20.8 Å². The molecule has 6 heteroatoms. The third kappa shape index (κ3) is 4.46. The number of oxazole rings is 1. The number of likely N-dealkylation sites (tertiary alicyclic amines) is 1. The molecule has 0 N–H and O–H groups in total. The lowest BCUT2D eigenvalue weighted by Crippen LogP contribution is -2.32. The van der Waals surface area contributed by atoms with Crippen LogP contribution in [0.2, 0.25) is 5.02 Å². The molecule has 0 unspecified atom stereocenters. The van der Waals surface area contributed by atoms with Crippen LogP contribution in [0.4, 0.5) is 0 Å². The smallest absolute Gasteiger partial charge is 0.227 e. The summed E-state index contributed by atoms with van der Waals surface area (Å²) in [5.41, 5.74) is 1.93. The number of nitrogens with zero attached hydrogens (tertiary/aromatic N) is 2. The molecule has 0 spiro atoms. The van der Waals surface area contributed by atoms with Crippen LogP contribution in [-0.4, -0.2) is 29.4 Å². The van der Waals surface area contributed by atoms with Gasteiger partial charge in [-0.05, 0) is 42.2 Å². The predicted molar refractivity (Wildman–Crippen MR) is 111 cm³/mol. The Morgan fingerprint density at radius 2 is 2.14 bits per heavy atom. The average molecular weight is 411 g/mol. The largest absolute Gasteiger partial charge is 0.497 e. The molecule has 0 saturated carbocycles. The fraction of sp³-hybridized carbons (Fsp3) is 0.304. The number of hydrogen-bond acceptors (Lipinski definition) is 4. The van der Waals surface area contributed by atoms with E-state index in [9.17, 15) is 4.79 Å². The van der Waals surface area contributed by atoms with Crippen molar-refractivity contribution < 1.29 is 13.9 Å². The van der Waals surface area contributed by atoms with E-state index < -0.39 is 0 Å². The molecule has 29 heavy (non-hydrogen) atoms. The number of halogens is 1. The lowest BCUT2D eigenvalue weighted by atomic mass is 10.1. The maximum Gasteiger partial charge on any atom is 0.227 e. The van der Waals surface area contributed by atoms with Crippen LogP contribution in [0.5, 0.6) is 5.75 Å². The van der Waals surface area contributed by atoms with Crippen LogP contribution in [0.3, 0.4) is 0 Å². The van der Waals surface area contributed by atoms with E-state index in [1.54, 1.807) is 13.3 Å². The van der Waals surface area contributed by atoms with Crippen LogP contribution < -0.4 is 4.74 Å². The van der Waals surface area contributed by atoms with Crippen molar-refractivity contribution in [2.24, 2.45) is 0 Å². The molecule has 1 aliphatic rings. The molecule has 1 atom stereocenters. The Kier molecular flexibility index (Phi) is 5.86. The molecule has 150 valence electrons. The molecule has 4 rings (SSSR count). The standard InChI is InChI=1S/C23H23ClN2O3/c1-28-18-8-4-6-16(12-18)13-22(27)26-11-5-10-21(26)23-25-15-19(29-23)14-17-7-2-3-9-20(17)24/h2-4,6-9,12,15,21H,5,10-11,13-14H2,1H3/t21-/m1/s1. The predicted octanol–water partition coefficient (Wildman–Crippen LogP) is 4.83. The van der Waals surface area contributed by atoms with E-state index in [0.717, 1.165) is 42.0 Å². The lowest BCUT2D eigenvalue weighted by molar-refractivity contribution is -0.131. The monoisotopic (exact) mass is 410 g/mol. The van der Waals surface area contributed by atoms with Gasteiger partial charge in [0.25, 0.3) is 0 Å². The summed E-state index contributed by atoms with van der Waals surface area (Å²) >= 11 is 6.25. The van der Waals surface area contributed by atoms with Crippen molar-refractivity contribution in [1.29, 1.82) is 0 Å². The third-order valence-corrected chi connectivity index (χ3v) is 5.61. The highest BCUT2D eigenvalue weighted by Crippen LogP contribution is 2.33. The van der Waals surface area contributed by atoms with Crippen molar-refractivity contribution in [2.75, 3.05) is 13.7 Å². The highest BCUT2D eigenvalue weighted by atomic mass is 35.5. The van der Waals surface area contributed by atoms with Gasteiger partial charge in [0.15, 0.2) is 0 Å². The van der Waals surface area contributed by atoms with E-state index in [2.05, 4.69) is 4.98 Å². The van der Waals surface area contributed by atoms with Gasteiger partial charge >= 0.3 is 0 Å². The Balaban J connectivity index is 1.46. The Bertz CT molecular complexity index is 1000. The Morgan fingerprint density at radius 3 is 2.97 bits per heavy atom. The van der Waals surface area contributed by atoms with Gasteiger partial charge in [0, 0.05) is 18.0 Å². The quantitative estimate of drug-likeness (QED) is 0.583. The Hall–Kier alpha value is -2.79. The number of hydrogen-bond donors (Lipinski definition) is 0. The minimum Gasteiger partial charge on any atom is -0.497 e. The summed E-state index contributed by atoms with van der Waals surface area (Å²) in [5, 5.41) is 0.710. The zero-order chi connectivity index (χ0) is 20.2. The number of carbonyl (C=O) groups excluding carboxylic acids is 1. The van der Waals surface area contributed by atoms with Crippen molar-refractivity contribution in [3.8, 4) is 5.75 Å². The first-order valence-electron chi connectivity index (χ1n) is 9.74. The molecule has 1 fully saturated rings. The van der Waals surface area contributed by atoms with Crippen molar-refractivity contribution in [3.05, 3.63) is 82.5 Å². The fourth-order valence-corrected chi connectivity index (χ4v) is 3.97. The van der Waals surface area contributed by atoms with Crippen LogP contribution in [0.15, 0.2) is 59.1 Å². The van der Waals surface area contributed by atoms with Crippen molar-refractivity contribution in [1.82, 2.24) is 9.88 Å². The van der Waals surface area contributed by atoms with Gasteiger partial charge in [-0.3, -0.25) is 4.79 Å². The van der Waals surface area contributed by atoms with Crippen LogP contribution in [-0.2, 0) is 17.6 Å². The molecule has 1 amide bonds. The average Bonchev–Trinajstić information content (AvgIpc) is 3.39. The molecule has 1 saturated heterocycles. The minimum atomic E-state index is -0.117. The van der Waals surface area contributed by atoms with Gasteiger partial charge in [-0.25, -0.2) is 4.98 Å². The lowest BCUT2D eigenvalue weighted by Gasteiger charge is -2.22. The zero-order valence-electron chi connectivity index (χ0n) is 16.3. The normalized spacial score (nSPS) is 16.2. The maximum atomic E-state index is 12.9. The maximum absolute atomic E-state index is 12.9.